The number of carbonyl (C=O) groups excluding carboxylic acids is 4. The first-order chi connectivity index (χ1) is 20.1. The van der Waals surface area contributed by atoms with Gasteiger partial charge in [-0.1, -0.05) is 56.3 Å². The number of hydrogen-bond acceptors (Lipinski definition) is 6. The summed E-state index contributed by atoms with van der Waals surface area (Å²) in [5.74, 6) is -1.04. The summed E-state index contributed by atoms with van der Waals surface area (Å²) in [7, 11) is 5.52. The minimum Gasteiger partial charge on any atom is -0.491 e. The number of amides is 4. The van der Waals surface area contributed by atoms with Crippen LogP contribution in [0.5, 0.6) is 5.75 Å². The number of likely N-dealkylation sites (N-methyl/N-ethyl adjacent to an activating group) is 1. The second kappa shape index (κ2) is 15.9. The van der Waals surface area contributed by atoms with Crippen molar-refractivity contribution >= 4 is 23.6 Å². The first kappa shape index (κ1) is 32.6. The first-order valence-electron chi connectivity index (χ1n) is 14.6. The third-order valence-electron chi connectivity index (χ3n) is 7.47. The van der Waals surface area contributed by atoms with Gasteiger partial charge in [0.2, 0.25) is 17.7 Å². The van der Waals surface area contributed by atoms with Gasteiger partial charge >= 0.3 is 0 Å². The Balaban J connectivity index is 1.92. The van der Waals surface area contributed by atoms with Crippen molar-refractivity contribution in [2.45, 2.75) is 57.7 Å². The summed E-state index contributed by atoms with van der Waals surface area (Å²) < 4.78 is 6.09. The van der Waals surface area contributed by atoms with Crippen LogP contribution in [0.2, 0.25) is 0 Å². The topological polar surface area (TPSA) is 120 Å². The van der Waals surface area contributed by atoms with Gasteiger partial charge in [0.15, 0.2) is 0 Å². The molecular formula is C32H45N5O5. The van der Waals surface area contributed by atoms with Crippen molar-refractivity contribution in [2.24, 2.45) is 5.92 Å². The van der Waals surface area contributed by atoms with E-state index in [1.54, 1.807) is 31.3 Å². The maximum absolute atomic E-state index is 13.7. The normalized spacial score (nSPS) is 20.6. The van der Waals surface area contributed by atoms with Crippen molar-refractivity contribution in [3.05, 3.63) is 65.7 Å². The van der Waals surface area contributed by atoms with Gasteiger partial charge in [-0.3, -0.25) is 19.2 Å². The molecule has 0 bridgehead atoms. The monoisotopic (exact) mass is 579 g/mol. The van der Waals surface area contributed by atoms with Crippen molar-refractivity contribution in [2.75, 3.05) is 40.8 Å². The van der Waals surface area contributed by atoms with E-state index in [2.05, 4.69) is 16.0 Å². The highest BCUT2D eigenvalue weighted by Crippen LogP contribution is 2.20. The molecule has 2 aromatic rings. The Hall–Kier alpha value is -3.92. The number of nitrogens with zero attached hydrogens (tertiary/aromatic N) is 2. The van der Waals surface area contributed by atoms with E-state index < -0.39 is 18.0 Å². The zero-order valence-corrected chi connectivity index (χ0v) is 25.4. The zero-order chi connectivity index (χ0) is 30.6. The van der Waals surface area contributed by atoms with Crippen molar-refractivity contribution in [3.8, 4) is 5.75 Å². The number of para-hydroxylation sites is 1. The second-order valence-electron chi connectivity index (χ2n) is 11.4. The van der Waals surface area contributed by atoms with Crippen molar-refractivity contribution in [1.82, 2.24) is 25.8 Å². The molecule has 42 heavy (non-hydrogen) atoms. The molecule has 0 radical (unpaired) electrons. The molecule has 0 fully saturated rings. The molecule has 0 aliphatic carbocycles. The maximum Gasteiger partial charge on any atom is 0.255 e. The summed E-state index contributed by atoms with van der Waals surface area (Å²) in [5, 5.41) is 8.80. The van der Waals surface area contributed by atoms with E-state index in [1.807, 2.05) is 63.2 Å². The molecule has 3 atom stereocenters. The molecule has 10 nitrogen and oxygen atoms in total. The fourth-order valence-electron chi connectivity index (χ4n) is 4.74. The lowest BCUT2D eigenvalue weighted by molar-refractivity contribution is -0.139. The molecule has 0 saturated carbocycles. The number of rotatable bonds is 8. The van der Waals surface area contributed by atoms with E-state index in [-0.39, 0.29) is 54.7 Å². The third-order valence-corrected chi connectivity index (χ3v) is 7.47. The van der Waals surface area contributed by atoms with Crippen molar-refractivity contribution < 1.29 is 23.9 Å². The Morgan fingerprint density at radius 2 is 1.74 bits per heavy atom. The molecule has 3 rings (SSSR count). The van der Waals surface area contributed by atoms with Crippen LogP contribution in [-0.4, -0.2) is 92.4 Å². The second-order valence-corrected chi connectivity index (χ2v) is 11.4. The summed E-state index contributed by atoms with van der Waals surface area (Å²) in [6, 6.07) is 14.3. The summed E-state index contributed by atoms with van der Waals surface area (Å²) in [6.07, 6.45) is 1.11. The Kier molecular flexibility index (Phi) is 12.3. The van der Waals surface area contributed by atoms with Gasteiger partial charge in [0.05, 0.1) is 11.6 Å². The molecule has 3 N–H and O–H groups in total. The Morgan fingerprint density at radius 3 is 2.43 bits per heavy atom. The van der Waals surface area contributed by atoms with Crippen molar-refractivity contribution in [1.29, 1.82) is 0 Å². The molecule has 0 aromatic heterocycles. The third kappa shape index (κ3) is 9.58. The lowest BCUT2D eigenvalue weighted by atomic mass is 10.0. The van der Waals surface area contributed by atoms with Gasteiger partial charge in [-0.25, -0.2) is 0 Å². The Morgan fingerprint density at radius 1 is 1.05 bits per heavy atom. The van der Waals surface area contributed by atoms with Crippen LogP contribution in [-0.2, 0) is 20.8 Å². The molecule has 2 aromatic carbocycles. The molecule has 228 valence electrons. The molecule has 4 amide bonds. The van der Waals surface area contributed by atoms with Crippen LogP contribution in [0.25, 0.3) is 0 Å². The highest BCUT2D eigenvalue weighted by atomic mass is 16.5. The largest absolute Gasteiger partial charge is 0.491 e. The quantitative estimate of drug-likeness (QED) is 0.413. The van der Waals surface area contributed by atoms with Gasteiger partial charge in [0.1, 0.15) is 24.4 Å². The van der Waals surface area contributed by atoms with E-state index in [4.69, 9.17) is 4.74 Å². The van der Waals surface area contributed by atoms with Crippen molar-refractivity contribution in [3.63, 3.8) is 0 Å². The Bertz CT molecular complexity index is 1200. The van der Waals surface area contributed by atoms with Crippen LogP contribution in [0, 0.1) is 5.92 Å². The first-order valence-corrected chi connectivity index (χ1v) is 14.6. The maximum atomic E-state index is 13.7. The van der Waals surface area contributed by atoms with E-state index in [1.165, 1.54) is 4.90 Å². The molecule has 0 spiro atoms. The lowest BCUT2D eigenvalue weighted by Gasteiger charge is -2.31. The van der Waals surface area contributed by atoms with E-state index >= 15 is 0 Å². The van der Waals surface area contributed by atoms with Gasteiger partial charge in [0.25, 0.3) is 5.91 Å². The highest BCUT2D eigenvalue weighted by Gasteiger charge is 2.32. The number of nitrogens with one attached hydrogen (secondary N) is 3. The summed E-state index contributed by atoms with van der Waals surface area (Å²) in [5.41, 5.74) is 1.20. The molecule has 10 heteroatoms. The number of carbonyl (C=O) groups is 4. The summed E-state index contributed by atoms with van der Waals surface area (Å²) >= 11 is 0. The van der Waals surface area contributed by atoms with Crippen LogP contribution < -0.4 is 20.7 Å². The van der Waals surface area contributed by atoms with Crippen LogP contribution >= 0.6 is 0 Å². The van der Waals surface area contributed by atoms with Gasteiger partial charge in [-0.15, -0.1) is 0 Å². The number of hydrogen-bond donors (Lipinski definition) is 3. The van der Waals surface area contributed by atoms with Gasteiger partial charge in [0, 0.05) is 26.4 Å². The number of fused-ring (bicyclic) bond motifs is 1. The highest BCUT2D eigenvalue weighted by molar-refractivity contribution is 5.99. The molecule has 1 aliphatic rings. The molecule has 0 saturated heterocycles. The fourth-order valence-corrected chi connectivity index (χ4v) is 4.74. The van der Waals surface area contributed by atoms with Crippen LogP contribution in [0.4, 0.5) is 0 Å². The molecule has 1 aliphatic heterocycles. The lowest BCUT2D eigenvalue weighted by Crippen LogP contribution is -2.53. The smallest absolute Gasteiger partial charge is 0.255 e. The molecule has 1 heterocycles. The van der Waals surface area contributed by atoms with Crippen LogP contribution in [0.15, 0.2) is 54.6 Å². The number of benzene rings is 2. The minimum absolute atomic E-state index is 0.0181. The predicted octanol–water partition coefficient (Wildman–Crippen LogP) is 2.24. The van der Waals surface area contributed by atoms with Crippen LogP contribution in [0.3, 0.4) is 0 Å². The molecular weight excluding hydrogens is 534 g/mol. The van der Waals surface area contributed by atoms with Gasteiger partial charge < -0.3 is 30.5 Å². The molecule has 0 unspecified atom stereocenters. The predicted molar refractivity (Wildman–Crippen MR) is 162 cm³/mol. The standard InChI is InChI=1S/C32H45N5O5/c1-22(2)26-21-42-28-15-10-9-14-24(28)30(39)34-25(31(40)33-18-11-19-36(3)4)16-17-29(38)37(5)27(32(41)35-26)20-23-12-7-6-8-13-23/h6-10,12-15,22,25-27H,11,16-21H2,1-5H3,(H,33,40)(H,34,39)(H,35,41)/t25-,26-,27-/m0/s1. The summed E-state index contributed by atoms with van der Waals surface area (Å²) in [6.45, 7) is 5.31. The zero-order valence-electron chi connectivity index (χ0n) is 25.4. The summed E-state index contributed by atoms with van der Waals surface area (Å²) in [4.78, 5) is 57.2. The van der Waals surface area contributed by atoms with E-state index in [9.17, 15) is 19.2 Å². The SMILES string of the molecule is CC(C)[C@@H]1COc2ccccc2C(=O)N[C@H](C(=O)NCCCN(C)C)CCC(=O)N(C)[C@@H](Cc2ccccc2)C(=O)N1. The minimum atomic E-state index is -0.947. The Labute approximate surface area is 249 Å². The van der Waals surface area contributed by atoms with Gasteiger partial charge in [-0.05, 0) is 57.1 Å². The average molecular weight is 580 g/mol. The number of ether oxygens (including phenoxy) is 1. The van der Waals surface area contributed by atoms with Crippen LogP contribution in [0.1, 0.15) is 49.0 Å². The fraction of sp³-hybridized carbons (Fsp3) is 0.500. The average Bonchev–Trinajstić information content (AvgIpc) is 2.97. The van der Waals surface area contributed by atoms with Gasteiger partial charge in [-0.2, -0.15) is 0 Å². The van der Waals surface area contributed by atoms with E-state index in [0.717, 1.165) is 18.5 Å². The van der Waals surface area contributed by atoms with E-state index in [0.29, 0.717) is 18.7 Å².